The van der Waals surface area contributed by atoms with Gasteiger partial charge in [0.25, 0.3) is 0 Å². The van der Waals surface area contributed by atoms with E-state index in [-0.39, 0.29) is 17.3 Å². The van der Waals surface area contributed by atoms with Crippen molar-refractivity contribution in [2.24, 2.45) is 0 Å². The lowest BCUT2D eigenvalue weighted by molar-refractivity contribution is 0.128. The van der Waals surface area contributed by atoms with E-state index in [1.807, 2.05) is 18.2 Å². The number of hydrogen-bond donors (Lipinski definition) is 1. The lowest BCUT2D eigenvalue weighted by atomic mass is 9.71. The largest absolute Gasteiger partial charge is 0.508 e. The molecular formula is C27H29NO3. The van der Waals surface area contributed by atoms with E-state index in [0.29, 0.717) is 13.2 Å². The van der Waals surface area contributed by atoms with Crippen molar-refractivity contribution in [1.29, 1.82) is 0 Å². The van der Waals surface area contributed by atoms with Crippen LogP contribution in [0.2, 0.25) is 0 Å². The number of aryl methyl sites for hydroxylation is 1. The van der Waals surface area contributed by atoms with E-state index in [1.54, 1.807) is 17.9 Å². The number of amides is 1. The Hall–Kier alpha value is -3.27. The van der Waals surface area contributed by atoms with Crippen molar-refractivity contribution in [3.63, 3.8) is 0 Å². The fourth-order valence-electron chi connectivity index (χ4n) is 4.41. The van der Waals surface area contributed by atoms with Gasteiger partial charge in [0.2, 0.25) is 0 Å². The van der Waals surface area contributed by atoms with E-state index in [4.69, 9.17) is 4.74 Å². The third kappa shape index (κ3) is 3.90. The number of phenols is 1. The van der Waals surface area contributed by atoms with Crippen LogP contribution in [-0.2, 0) is 10.2 Å². The number of aromatic hydroxyl groups is 1. The summed E-state index contributed by atoms with van der Waals surface area (Å²) in [6.45, 7) is 8.94. The normalized spacial score (nSPS) is 17.0. The van der Waals surface area contributed by atoms with E-state index in [2.05, 4.69) is 57.2 Å². The molecule has 1 N–H and O–H groups in total. The van der Waals surface area contributed by atoms with Crippen LogP contribution in [0.15, 0.2) is 60.7 Å². The molecule has 0 atom stereocenters. The van der Waals surface area contributed by atoms with Crippen molar-refractivity contribution in [3.8, 4) is 5.75 Å². The van der Waals surface area contributed by atoms with Crippen LogP contribution in [0.25, 0.3) is 11.3 Å². The molecule has 2 aromatic rings. The quantitative estimate of drug-likeness (QED) is 0.651. The summed E-state index contributed by atoms with van der Waals surface area (Å²) < 4.78 is 5.25. The van der Waals surface area contributed by atoms with Gasteiger partial charge in [-0.3, -0.25) is 4.90 Å². The van der Waals surface area contributed by atoms with Crippen molar-refractivity contribution < 1.29 is 14.6 Å². The highest BCUT2D eigenvalue weighted by atomic mass is 16.6. The molecule has 0 bridgehead atoms. The highest BCUT2D eigenvalue weighted by molar-refractivity contribution is 5.89. The molecule has 31 heavy (non-hydrogen) atoms. The van der Waals surface area contributed by atoms with Gasteiger partial charge in [0.1, 0.15) is 5.75 Å². The third-order valence-electron chi connectivity index (χ3n) is 6.02. The maximum Gasteiger partial charge on any atom is 0.414 e. The Balaban J connectivity index is 1.86. The average Bonchev–Trinajstić information content (AvgIpc) is 2.74. The topological polar surface area (TPSA) is 49.8 Å². The average molecular weight is 416 g/mol. The maximum atomic E-state index is 12.5. The second-order valence-corrected chi connectivity index (χ2v) is 8.78. The van der Waals surface area contributed by atoms with Crippen molar-refractivity contribution in [1.82, 2.24) is 4.90 Å². The minimum Gasteiger partial charge on any atom is -0.508 e. The fourth-order valence-corrected chi connectivity index (χ4v) is 4.41. The van der Waals surface area contributed by atoms with Crippen LogP contribution >= 0.6 is 0 Å². The first kappa shape index (κ1) is 21.0. The van der Waals surface area contributed by atoms with Crippen LogP contribution < -0.4 is 0 Å². The van der Waals surface area contributed by atoms with Crippen molar-refractivity contribution in [2.45, 2.75) is 39.5 Å². The zero-order valence-electron chi connectivity index (χ0n) is 18.6. The van der Waals surface area contributed by atoms with Gasteiger partial charge in [-0.15, -0.1) is 0 Å². The van der Waals surface area contributed by atoms with Gasteiger partial charge in [-0.05, 0) is 60.6 Å². The Morgan fingerprint density at radius 3 is 2.61 bits per heavy atom. The molecule has 1 aliphatic heterocycles. The molecule has 4 rings (SSSR count). The van der Waals surface area contributed by atoms with Crippen LogP contribution in [-0.4, -0.2) is 29.3 Å². The number of carbonyl (C=O) groups excluding carboxylic acids is 1. The van der Waals surface area contributed by atoms with Crippen molar-refractivity contribution in [2.75, 3.05) is 13.2 Å². The molecule has 0 spiro atoms. The van der Waals surface area contributed by atoms with Crippen LogP contribution in [0, 0.1) is 6.92 Å². The summed E-state index contributed by atoms with van der Waals surface area (Å²) in [5, 5.41) is 11.1. The number of allylic oxidation sites excluding steroid dienone is 3. The van der Waals surface area contributed by atoms with E-state index in [9.17, 15) is 9.90 Å². The van der Waals surface area contributed by atoms with Gasteiger partial charge in [-0.2, -0.15) is 0 Å². The second kappa shape index (κ2) is 8.10. The smallest absolute Gasteiger partial charge is 0.414 e. The van der Waals surface area contributed by atoms with Crippen molar-refractivity contribution in [3.05, 3.63) is 88.5 Å². The van der Waals surface area contributed by atoms with Gasteiger partial charge < -0.3 is 9.84 Å². The molecule has 0 unspecified atom stereocenters. The Morgan fingerprint density at radius 1 is 1.16 bits per heavy atom. The predicted molar refractivity (Wildman–Crippen MR) is 125 cm³/mol. The molecule has 0 radical (unpaired) electrons. The van der Waals surface area contributed by atoms with Crippen LogP contribution in [0.1, 0.15) is 55.0 Å². The highest BCUT2D eigenvalue weighted by Crippen LogP contribution is 2.47. The zero-order chi connectivity index (χ0) is 22.2. The van der Waals surface area contributed by atoms with Crippen LogP contribution in [0.4, 0.5) is 4.79 Å². The highest BCUT2D eigenvalue weighted by Gasteiger charge is 2.33. The lowest BCUT2D eigenvalue weighted by Gasteiger charge is -2.34. The first-order valence-corrected chi connectivity index (χ1v) is 10.8. The Morgan fingerprint density at radius 2 is 1.90 bits per heavy atom. The zero-order valence-corrected chi connectivity index (χ0v) is 18.6. The summed E-state index contributed by atoms with van der Waals surface area (Å²) in [5.74, 6) is 0.259. The molecule has 1 heterocycles. The first-order valence-electron chi connectivity index (χ1n) is 10.8. The van der Waals surface area contributed by atoms with E-state index < -0.39 is 0 Å². The molecule has 0 aromatic heterocycles. The summed E-state index contributed by atoms with van der Waals surface area (Å²) in [5.41, 5.74) is 6.74. The fraction of sp³-hybridized carbons (Fsp3) is 0.296. The Labute approximate surface area is 184 Å². The number of hydrogen-bond acceptors (Lipinski definition) is 3. The van der Waals surface area contributed by atoms with Crippen molar-refractivity contribution >= 4 is 17.4 Å². The number of carbonyl (C=O) groups is 1. The number of phenolic OH excluding ortho intramolecular Hbond substituents is 1. The number of benzene rings is 2. The predicted octanol–water partition coefficient (Wildman–Crippen LogP) is 6.18. The van der Waals surface area contributed by atoms with Gasteiger partial charge in [0.15, 0.2) is 0 Å². The SMILES string of the molecule is CCOC(=O)N1CC=CC=C1c1cc(O)c2c(c1)C(c1ccc(C)cc1)=CCC2(C)C. The molecule has 4 nitrogen and oxygen atoms in total. The third-order valence-corrected chi connectivity index (χ3v) is 6.02. The summed E-state index contributed by atoms with van der Waals surface area (Å²) >= 11 is 0. The lowest BCUT2D eigenvalue weighted by Crippen LogP contribution is -2.32. The molecule has 2 aliphatic rings. The minimum absolute atomic E-state index is 0.187. The molecule has 4 heteroatoms. The van der Waals surface area contributed by atoms with E-state index in [1.165, 1.54) is 5.56 Å². The molecule has 0 saturated carbocycles. The molecule has 160 valence electrons. The summed E-state index contributed by atoms with van der Waals surface area (Å²) in [7, 11) is 0. The first-order chi connectivity index (χ1) is 14.8. The Bertz CT molecular complexity index is 1100. The maximum absolute atomic E-state index is 12.5. The molecule has 0 fully saturated rings. The van der Waals surface area contributed by atoms with Gasteiger partial charge in [0, 0.05) is 17.7 Å². The van der Waals surface area contributed by atoms with Gasteiger partial charge in [-0.1, -0.05) is 61.9 Å². The van der Waals surface area contributed by atoms with Gasteiger partial charge in [-0.25, -0.2) is 4.79 Å². The Kier molecular flexibility index (Phi) is 5.48. The molecule has 1 amide bonds. The number of ether oxygens (including phenoxy) is 1. The summed E-state index contributed by atoms with van der Waals surface area (Å²) in [6, 6.07) is 12.3. The summed E-state index contributed by atoms with van der Waals surface area (Å²) in [4.78, 5) is 14.1. The molecule has 0 saturated heterocycles. The molecular weight excluding hydrogens is 386 g/mol. The van der Waals surface area contributed by atoms with E-state index >= 15 is 0 Å². The molecule has 2 aromatic carbocycles. The monoisotopic (exact) mass is 415 g/mol. The van der Waals surface area contributed by atoms with Crippen LogP contribution in [0.3, 0.4) is 0 Å². The number of fused-ring (bicyclic) bond motifs is 1. The number of nitrogens with zero attached hydrogens (tertiary/aromatic N) is 1. The number of rotatable bonds is 3. The van der Waals surface area contributed by atoms with Gasteiger partial charge in [0.05, 0.1) is 12.3 Å². The van der Waals surface area contributed by atoms with E-state index in [0.717, 1.165) is 39.9 Å². The minimum atomic E-state index is -0.384. The van der Waals surface area contributed by atoms with Gasteiger partial charge >= 0.3 is 6.09 Å². The standard InChI is InChI=1S/C27H29NO3/c1-5-31-26(30)28-15-7-6-8-23(28)20-16-22-21(19-11-9-18(2)10-12-19)13-14-27(3,4)25(22)24(29)17-20/h6-13,16-17,29H,5,14-15H2,1-4H3. The second-order valence-electron chi connectivity index (χ2n) is 8.78. The molecule has 1 aliphatic carbocycles. The van der Waals surface area contributed by atoms with Crippen LogP contribution in [0.5, 0.6) is 5.75 Å². The summed E-state index contributed by atoms with van der Waals surface area (Å²) in [6.07, 6.45) is 8.46.